The molecule has 1 N–H and O–H groups in total. The van der Waals surface area contributed by atoms with E-state index in [1.165, 1.54) is 0 Å². The number of nitrogens with zero attached hydrogens (tertiary/aromatic N) is 2. The zero-order chi connectivity index (χ0) is 12.3. The highest BCUT2D eigenvalue weighted by Crippen LogP contribution is 2.27. The number of hydrogen-bond donors (Lipinski definition) is 1. The summed E-state index contributed by atoms with van der Waals surface area (Å²) in [6.45, 7) is 0.115. The second-order valence-corrected chi connectivity index (χ2v) is 4.73. The third-order valence-electron chi connectivity index (χ3n) is 2.19. The van der Waals surface area contributed by atoms with Crippen LogP contribution >= 0.6 is 27.5 Å². The Hall–Kier alpha value is -0.910. The zero-order valence-corrected chi connectivity index (χ0v) is 11.2. The van der Waals surface area contributed by atoms with Gasteiger partial charge in [0.25, 0.3) is 0 Å². The van der Waals surface area contributed by atoms with Crippen LogP contribution in [0, 0.1) is 0 Å². The molecule has 0 unspecified atom stereocenters. The maximum absolute atomic E-state index is 8.71. The van der Waals surface area contributed by atoms with E-state index in [2.05, 4.69) is 26.1 Å². The van der Waals surface area contributed by atoms with Crippen LogP contribution in [0.1, 0.15) is 12.3 Å². The van der Waals surface area contributed by atoms with Crippen molar-refractivity contribution in [3.8, 4) is 11.4 Å². The molecule has 0 aliphatic rings. The lowest BCUT2D eigenvalue weighted by Gasteiger charge is -1.97. The van der Waals surface area contributed by atoms with Crippen LogP contribution in [-0.2, 0) is 6.42 Å². The summed E-state index contributed by atoms with van der Waals surface area (Å²) < 4.78 is 5.86. The van der Waals surface area contributed by atoms with Gasteiger partial charge in [-0.15, -0.1) is 0 Å². The smallest absolute Gasteiger partial charge is 0.227 e. The van der Waals surface area contributed by atoms with Gasteiger partial charge >= 0.3 is 0 Å². The van der Waals surface area contributed by atoms with E-state index in [9.17, 15) is 0 Å². The van der Waals surface area contributed by atoms with Crippen molar-refractivity contribution < 1.29 is 9.63 Å². The molecule has 1 aromatic heterocycles. The van der Waals surface area contributed by atoms with E-state index in [4.69, 9.17) is 21.2 Å². The number of halogens is 2. The van der Waals surface area contributed by atoms with Crippen molar-refractivity contribution in [3.05, 3.63) is 33.6 Å². The first-order valence-electron chi connectivity index (χ1n) is 5.09. The third-order valence-corrected chi connectivity index (χ3v) is 3.41. The van der Waals surface area contributed by atoms with Gasteiger partial charge in [-0.1, -0.05) is 16.8 Å². The molecule has 1 heterocycles. The lowest BCUT2D eigenvalue weighted by molar-refractivity contribution is 0.278. The van der Waals surface area contributed by atoms with Gasteiger partial charge in [-0.3, -0.25) is 0 Å². The molecule has 17 heavy (non-hydrogen) atoms. The highest BCUT2D eigenvalue weighted by Gasteiger charge is 2.09. The first kappa shape index (κ1) is 12.5. The second-order valence-electron chi connectivity index (χ2n) is 3.47. The number of rotatable bonds is 4. The zero-order valence-electron chi connectivity index (χ0n) is 8.86. The van der Waals surface area contributed by atoms with Crippen molar-refractivity contribution >= 4 is 27.5 Å². The normalized spacial score (nSPS) is 10.8. The predicted octanol–water partition coefficient (Wildman–Crippen LogP) is 3.08. The van der Waals surface area contributed by atoms with Crippen LogP contribution in [-0.4, -0.2) is 21.9 Å². The minimum Gasteiger partial charge on any atom is -0.396 e. The Morgan fingerprint density at radius 1 is 1.41 bits per heavy atom. The van der Waals surface area contributed by atoms with Crippen LogP contribution in [0.5, 0.6) is 0 Å². The highest BCUT2D eigenvalue weighted by atomic mass is 79.9. The summed E-state index contributed by atoms with van der Waals surface area (Å²) in [5.41, 5.74) is 0.834. The second kappa shape index (κ2) is 5.62. The van der Waals surface area contributed by atoms with Gasteiger partial charge in [0.05, 0.1) is 5.02 Å². The molecule has 4 nitrogen and oxygen atoms in total. The minimum atomic E-state index is 0.115. The summed E-state index contributed by atoms with van der Waals surface area (Å²) in [7, 11) is 0. The van der Waals surface area contributed by atoms with Crippen LogP contribution in [0.4, 0.5) is 0 Å². The van der Waals surface area contributed by atoms with E-state index in [0.717, 1.165) is 10.0 Å². The molecule has 0 atom stereocenters. The van der Waals surface area contributed by atoms with E-state index in [0.29, 0.717) is 29.6 Å². The van der Waals surface area contributed by atoms with Crippen LogP contribution < -0.4 is 0 Å². The molecule has 1 aromatic carbocycles. The first-order chi connectivity index (χ1) is 8.20. The van der Waals surface area contributed by atoms with Crippen molar-refractivity contribution in [2.75, 3.05) is 6.61 Å². The van der Waals surface area contributed by atoms with E-state index in [1.807, 2.05) is 12.1 Å². The van der Waals surface area contributed by atoms with Gasteiger partial charge in [0, 0.05) is 23.1 Å². The monoisotopic (exact) mass is 316 g/mol. The molecule has 6 heteroatoms. The molecule has 90 valence electrons. The maximum atomic E-state index is 8.71. The number of aliphatic hydroxyl groups excluding tert-OH is 1. The van der Waals surface area contributed by atoms with Crippen molar-refractivity contribution in [3.63, 3.8) is 0 Å². The van der Waals surface area contributed by atoms with Gasteiger partial charge in [0.15, 0.2) is 0 Å². The summed E-state index contributed by atoms with van der Waals surface area (Å²) in [6.07, 6.45) is 1.20. The van der Waals surface area contributed by atoms with Gasteiger partial charge in [-0.05, 0) is 40.5 Å². The van der Waals surface area contributed by atoms with E-state index in [-0.39, 0.29) is 6.61 Å². The Balaban J connectivity index is 2.21. The van der Waals surface area contributed by atoms with Gasteiger partial charge in [-0.2, -0.15) is 4.98 Å². The molecule has 0 saturated heterocycles. The van der Waals surface area contributed by atoms with Gasteiger partial charge in [0.2, 0.25) is 11.7 Å². The standard InChI is InChI=1S/C11H10BrClN2O2/c12-8-6-7(3-4-9(8)13)11-14-10(17-15-11)2-1-5-16/h3-4,6,16H,1-2,5H2. The average Bonchev–Trinajstić information content (AvgIpc) is 2.79. The van der Waals surface area contributed by atoms with Gasteiger partial charge in [0.1, 0.15) is 0 Å². The van der Waals surface area contributed by atoms with Crippen LogP contribution in [0.15, 0.2) is 27.2 Å². The third kappa shape index (κ3) is 3.06. The number of hydrogen-bond acceptors (Lipinski definition) is 4. The number of aromatic nitrogens is 2. The van der Waals surface area contributed by atoms with E-state index >= 15 is 0 Å². The highest BCUT2D eigenvalue weighted by molar-refractivity contribution is 9.10. The van der Waals surface area contributed by atoms with Crippen LogP contribution in [0.2, 0.25) is 5.02 Å². The fourth-order valence-corrected chi connectivity index (χ4v) is 1.84. The quantitative estimate of drug-likeness (QED) is 0.941. The summed E-state index contributed by atoms with van der Waals surface area (Å²) >= 11 is 9.24. The average molecular weight is 318 g/mol. The molecule has 0 fully saturated rings. The van der Waals surface area contributed by atoms with Crippen molar-refractivity contribution in [1.82, 2.24) is 10.1 Å². The number of aryl methyl sites for hydroxylation is 1. The lowest BCUT2D eigenvalue weighted by atomic mass is 10.2. The Kier molecular flexibility index (Phi) is 4.15. The Morgan fingerprint density at radius 2 is 2.24 bits per heavy atom. The molecular weight excluding hydrogens is 307 g/mol. The number of benzene rings is 1. The summed E-state index contributed by atoms with van der Waals surface area (Å²) in [6, 6.07) is 5.43. The van der Waals surface area contributed by atoms with E-state index in [1.54, 1.807) is 6.07 Å². The Labute approximate surface area is 112 Å². The molecule has 0 saturated carbocycles. The molecule has 0 aliphatic heterocycles. The van der Waals surface area contributed by atoms with Crippen LogP contribution in [0.3, 0.4) is 0 Å². The molecule has 0 bridgehead atoms. The Morgan fingerprint density at radius 3 is 2.94 bits per heavy atom. The summed E-state index contributed by atoms with van der Waals surface area (Å²) in [4.78, 5) is 4.24. The van der Waals surface area contributed by atoms with Gasteiger partial charge in [-0.25, -0.2) is 0 Å². The van der Waals surface area contributed by atoms with Crippen molar-refractivity contribution in [2.45, 2.75) is 12.8 Å². The number of aliphatic hydroxyl groups is 1. The molecule has 0 aliphatic carbocycles. The molecule has 2 aromatic rings. The minimum absolute atomic E-state index is 0.115. The molecule has 0 radical (unpaired) electrons. The lowest BCUT2D eigenvalue weighted by Crippen LogP contribution is -1.89. The summed E-state index contributed by atoms with van der Waals surface area (Å²) in [5, 5.41) is 13.2. The SMILES string of the molecule is OCCCc1nc(-c2ccc(Cl)c(Br)c2)no1. The molecule has 2 rings (SSSR count). The Bertz CT molecular complexity index is 516. The molecular formula is C11H10BrClN2O2. The van der Waals surface area contributed by atoms with Crippen molar-refractivity contribution in [2.24, 2.45) is 0 Å². The molecule has 0 amide bonds. The van der Waals surface area contributed by atoms with E-state index < -0.39 is 0 Å². The maximum Gasteiger partial charge on any atom is 0.227 e. The van der Waals surface area contributed by atoms with Gasteiger partial charge < -0.3 is 9.63 Å². The fourth-order valence-electron chi connectivity index (χ4n) is 1.34. The van der Waals surface area contributed by atoms with Crippen LogP contribution in [0.25, 0.3) is 11.4 Å². The largest absolute Gasteiger partial charge is 0.396 e. The topological polar surface area (TPSA) is 59.2 Å². The van der Waals surface area contributed by atoms with Crippen molar-refractivity contribution in [1.29, 1.82) is 0 Å². The first-order valence-corrected chi connectivity index (χ1v) is 6.26. The molecule has 0 spiro atoms. The summed E-state index contributed by atoms with van der Waals surface area (Å²) in [5.74, 6) is 1.05. The predicted molar refractivity (Wildman–Crippen MR) is 67.9 cm³/mol. The fraction of sp³-hybridized carbons (Fsp3) is 0.273.